The van der Waals surface area contributed by atoms with Gasteiger partial charge in [0.15, 0.2) is 5.78 Å². The van der Waals surface area contributed by atoms with Crippen LogP contribution in [-0.4, -0.2) is 30.6 Å². The number of aliphatic hydroxyl groups is 1. The molecular formula is C25H25ClN2O3. The van der Waals surface area contributed by atoms with Crippen LogP contribution in [0.4, 0.5) is 11.4 Å². The minimum atomic E-state index is -0.158. The molecular weight excluding hydrogens is 412 g/mol. The molecule has 160 valence electrons. The number of hydrogen-bond donors (Lipinski definition) is 3. The van der Waals surface area contributed by atoms with Gasteiger partial charge in [0.2, 0.25) is 0 Å². The van der Waals surface area contributed by atoms with Gasteiger partial charge in [-0.3, -0.25) is 4.79 Å². The Bertz CT molecular complexity index is 1100. The van der Waals surface area contributed by atoms with Crippen LogP contribution in [-0.2, 0) is 0 Å². The fraction of sp³-hybridized carbons (Fsp3) is 0.160. The largest absolute Gasteiger partial charge is 0.491 e. The van der Waals surface area contributed by atoms with E-state index >= 15 is 0 Å². The summed E-state index contributed by atoms with van der Waals surface area (Å²) in [6.45, 7) is 2.45. The number of rotatable bonds is 9. The third kappa shape index (κ3) is 5.73. The van der Waals surface area contributed by atoms with Crippen LogP contribution in [0.1, 0.15) is 27.0 Å². The van der Waals surface area contributed by atoms with Crippen molar-refractivity contribution in [3.8, 4) is 5.75 Å². The van der Waals surface area contributed by atoms with Gasteiger partial charge in [0.05, 0.1) is 11.6 Å². The van der Waals surface area contributed by atoms with Crippen LogP contribution < -0.4 is 15.8 Å². The molecule has 0 fully saturated rings. The van der Waals surface area contributed by atoms with E-state index in [4.69, 9.17) is 27.2 Å². The highest BCUT2D eigenvalue weighted by molar-refractivity contribution is 6.35. The van der Waals surface area contributed by atoms with Crippen molar-refractivity contribution in [2.45, 2.75) is 6.92 Å². The average molecular weight is 437 g/mol. The summed E-state index contributed by atoms with van der Waals surface area (Å²) in [7, 11) is 0. The van der Waals surface area contributed by atoms with Crippen LogP contribution >= 0.6 is 11.6 Å². The number of nitrogens with one attached hydrogen (secondary N) is 1. The molecule has 0 unspecified atom stereocenters. The normalized spacial score (nSPS) is 11.0. The first kappa shape index (κ1) is 22.6. The maximum atomic E-state index is 13.0. The summed E-state index contributed by atoms with van der Waals surface area (Å²) < 4.78 is 5.40. The lowest BCUT2D eigenvalue weighted by Gasteiger charge is -2.13. The van der Waals surface area contributed by atoms with E-state index in [2.05, 4.69) is 5.32 Å². The fourth-order valence-corrected chi connectivity index (χ4v) is 3.44. The van der Waals surface area contributed by atoms with Gasteiger partial charge in [-0.05, 0) is 60.5 Å². The van der Waals surface area contributed by atoms with Crippen molar-refractivity contribution in [3.63, 3.8) is 0 Å². The number of carbonyl (C=O) groups is 1. The molecule has 0 aliphatic rings. The quantitative estimate of drug-likeness (QED) is 0.412. The molecule has 0 aliphatic carbocycles. The van der Waals surface area contributed by atoms with Crippen molar-refractivity contribution in [1.29, 1.82) is 0 Å². The van der Waals surface area contributed by atoms with E-state index in [1.165, 1.54) is 0 Å². The van der Waals surface area contributed by atoms with Crippen LogP contribution in [0.25, 0.3) is 6.08 Å². The van der Waals surface area contributed by atoms with Crippen molar-refractivity contribution in [2.75, 3.05) is 25.1 Å². The monoisotopic (exact) mass is 436 g/mol. The number of benzene rings is 3. The molecule has 4 N–H and O–H groups in total. The third-order valence-corrected chi connectivity index (χ3v) is 5.00. The number of aliphatic hydroxyl groups excluding tert-OH is 1. The molecule has 3 rings (SSSR count). The Morgan fingerprint density at radius 2 is 1.90 bits per heavy atom. The van der Waals surface area contributed by atoms with Crippen LogP contribution in [0.3, 0.4) is 0 Å². The summed E-state index contributed by atoms with van der Waals surface area (Å²) in [5, 5.41) is 12.6. The summed E-state index contributed by atoms with van der Waals surface area (Å²) in [4.78, 5) is 13.0. The van der Waals surface area contributed by atoms with Gasteiger partial charge in [-0.25, -0.2) is 0 Å². The highest BCUT2D eigenvalue weighted by Gasteiger charge is 2.16. The summed E-state index contributed by atoms with van der Waals surface area (Å²) >= 11 is 6.47. The van der Waals surface area contributed by atoms with Gasteiger partial charge in [0, 0.05) is 29.0 Å². The molecule has 3 aromatic carbocycles. The second-order valence-electron chi connectivity index (χ2n) is 6.92. The molecule has 3 aromatic rings. The summed E-state index contributed by atoms with van der Waals surface area (Å²) in [6.07, 6.45) is 3.84. The number of halogens is 1. The number of ketones is 1. The Balaban J connectivity index is 1.81. The van der Waals surface area contributed by atoms with Crippen molar-refractivity contribution in [3.05, 3.63) is 94.0 Å². The molecule has 0 saturated heterocycles. The number of ether oxygens (including phenoxy) is 1. The zero-order valence-corrected chi connectivity index (χ0v) is 18.0. The highest BCUT2D eigenvalue weighted by atomic mass is 35.5. The lowest BCUT2D eigenvalue weighted by atomic mass is 9.98. The molecule has 0 saturated carbocycles. The molecule has 0 amide bonds. The number of para-hydroxylation sites is 1. The molecule has 0 aliphatic heterocycles. The minimum Gasteiger partial charge on any atom is -0.491 e. The minimum absolute atomic E-state index is 0.0660. The van der Waals surface area contributed by atoms with Gasteiger partial charge in [-0.1, -0.05) is 42.0 Å². The lowest BCUT2D eigenvalue weighted by Crippen LogP contribution is -2.06. The number of hydrogen-bond acceptors (Lipinski definition) is 5. The molecule has 0 heterocycles. The molecule has 0 radical (unpaired) electrons. The lowest BCUT2D eigenvalue weighted by molar-refractivity contribution is 0.103. The second kappa shape index (κ2) is 10.8. The Kier molecular flexibility index (Phi) is 7.84. The number of carbonyl (C=O) groups excluding carboxylic acids is 1. The number of anilines is 2. The van der Waals surface area contributed by atoms with E-state index in [0.717, 1.165) is 22.5 Å². The van der Waals surface area contributed by atoms with Crippen LogP contribution in [0.15, 0.2) is 66.7 Å². The maximum absolute atomic E-state index is 13.0. The van der Waals surface area contributed by atoms with Crippen molar-refractivity contribution < 1.29 is 14.6 Å². The van der Waals surface area contributed by atoms with Crippen LogP contribution in [0.2, 0.25) is 5.02 Å². The summed E-state index contributed by atoms with van der Waals surface area (Å²) in [5.41, 5.74) is 10.0. The van der Waals surface area contributed by atoms with Crippen LogP contribution in [0, 0.1) is 6.92 Å². The zero-order valence-electron chi connectivity index (χ0n) is 17.3. The SMILES string of the molecule is Cc1cc(OCCO)ccc1C(=O)c1ccc(Nc2ccccc2C=CCN)cc1Cl. The predicted molar refractivity (Wildman–Crippen MR) is 126 cm³/mol. The molecule has 31 heavy (non-hydrogen) atoms. The van der Waals surface area contributed by atoms with Crippen molar-refractivity contribution >= 4 is 34.8 Å². The summed E-state index contributed by atoms with van der Waals surface area (Å²) in [5.74, 6) is 0.449. The maximum Gasteiger partial charge on any atom is 0.194 e. The van der Waals surface area contributed by atoms with E-state index in [-0.39, 0.29) is 19.0 Å². The van der Waals surface area contributed by atoms with E-state index in [1.807, 2.05) is 49.4 Å². The highest BCUT2D eigenvalue weighted by Crippen LogP contribution is 2.29. The van der Waals surface area contributed by atoms with E-state index in [1.54, 1.807) is 30.3 Å². The van der Waals surface area contributed by atoms with Gasteiger partial charge in [0.25, 0.3) is 0 Å². The Morgan fingerprint density at radius 3 is 2.61 bits per heavy atom. The zero-order chi connectivity index (χ0) is 22.2. The Labute approximate surface area is 187 Å². The average Bonchev–Trinajstić information content (AvgIpc) is 2.77. The molecule has 0 atom stereocenters. The smallest absolute Gasteiger partial charge is 0.194 e. The Morgan fingerprint density at radius 1 is 1.13 bits per heavy atom. The molecule has 0 spiro atoms. The Hall–Kier alpha value is -3.12. The van der Waals surface area contributed by atoms with Gasteiger partial charge in [0.1, 0.15) is 12.4 Å². The molecule has 0 bridgehead atoms. The standard InChI is InChI=1S/C25H25ClN2O3/c1-17-15-20(31-14-13-29)9-11-21(17)25(30)22-10-8-19(16-23(22)26)28-24-7-3-2-5-18(24)6-4-12-27/h2-11,15-16,28-29H,12-14,27H2,1H3. The fourth-order valence-electron chi connectivity index (χ4n) is 3.17. The van der Waals surface area contributed by atoms with E-state index in [9.17, 15) is 4.79 Å². The van der Waals surface area contributed by atoms with Crippen molar-refractivity contribution in [2.24, 2.45) is 5.73 Å². The second-order valence-corrected chi connectivity index (χ2v) is 7.33. The number of aryl methyl sites for hydroxylation is 1. The molecule has 5 nitrogen and oxygen atoms in total. The van der Waals surface area contributed by atoms with Crippen molar-refractivity contribution in [1.82, 2.24) is 0 Å². The van der Waals surface area contributed by atoms with Gasteiger partial charge in [-0.2, -0.15) is 0 Å². The van der Waals surface area contributed by atoms with E-state index in [0.29, 0.717) is 28.4 Å². The first-order valence-electron chi connectivity index (χ1n) is 9.94. The molecule has 0 aromatic heterocycles. The number of nitrogens with two attached hydrogens (primary N) is 1. The van der Waals surface area contributed by atoms with Gasteiger partial charge >= 0.3 is 0 Å². The third-order valence-electron chi connectivity index (χ3n) is 4.69. The van der Waals surface area contributed by atoms with Gasteiger partial charge < -0.3 is 20.9 Å². The predicted octanol–water partition coefficient (Wildman–Crippen LogP) is 4.97. The molecule has 6 heteroatoms. The topological polar surface area (TPSA) is 84.6 Å². The van der Waals surface area contributed by atoms with E-state index < -0.39 is 0 Å². The van der Waals surface area contributed by atoms with Gasteiger partial charge in [-0.15, -0.1) is 0 Å². The first-order valence-corrected chi connectivity index (χ1v) is 10.3. The van der Waals surface area contributed by atoms with Crippen LogP contribution in [0.5, 0.6) is 5.75 Å². The summed E-state index contributed by atoms with van der Waals surface area (Å²) in [6, 6.07) is 18.4. The first-order chi connectivity index (χ1) is 15.0.